The van der Waals surface area contributed by atoms with E-state index in [9.17, 15) is 4.79 Å². The predicted octanol–water partition coefficient (Wildman–Crippen LogP) is 2.38. The van der Waals surface area contributed by atoms with Gasteiger partial charge in [0.15, 0.2) is 5.65 Å². The number of aryl methyl sites for hydroxylation is 2. The summed E-state index contributed by atoms with van der Waals surface area (Å²) in [5.74, 6) is 1.67. The molecule has 0 aliphatic carbocycles. The quantitative estimate of drug-likeness (QED) is 0.532. The zero-order chi connectivity index (χ0) is 19.3. The van der Waals surface area contributed by atoms with Gasteiger partial charge in [0.25, 0.3) is 0 Å². The standard InChI is InChI=1S/C20H20N6O2/c1-14-5-7-15(8-6-14)20-25-24-19(28-20)10-9-18(27)21-12-11-17-23-22-16-4-2-3-13-26(16)17/h2-8,13H,9-12H2,1H3,(H,21,27). The summed E-state index contributed by atoms with van der Waals surface area (Å²) < 4.78 is 7.56. The van der Waals surface area contributed by atoms with E-state index in [0.717, 1.165) is 17.0 Å². The minimum atomic E-state index is -0.0658. The number of rotatable bonds is 7. The first-order chi connectivity index (χ1) is 13.7. The Balaban J connectivity index is 1.25. The number of aromatic nitrogens is 5. The fraction of sp³-hybridized carbons (Fsp3) is 0.250. The van der Waals surface area contributed by atoms with E-state index >= 15 is 0 Å². The lowest BCUT2D eigenvalue weighted by molar-refractivity contribution is -0.121. The molecule has 0 unspecified atom stereocenters. The highest BCUT2D eigenvalue weighted by Gasteiger charge is 2.11. The summed E-state index contributed by atoms with van der Waals surface area (Å²) in [6.07, 6.45) is 3.21. The zero-order valence-corrected chi connectivity index (χ0v) is 15.5. The van der Waals surface area contributed by atoms with Crippen molar-refractivity contribution in [3.05, 3.63) is 65.9 Å². The number of carbonyl (C=O) groups is 1. The lowest BCUT2D eigenvalue weighted by atomic mass is 10.1. The van der Waals surface area contributed by atoms with Crippen molar-refractivity contribution in [2.75, 3.05) is 6.54 Å². The summed E-state index contributed by atoms with van der Waals surface area (Å²) in [6, 6.07) is 13.6. The lowest BCUT2D eigenvalue weighted by Gasteiger charge is -2.03. The van der Waals surface area contributed by atoms with Gasteiger partial charge in [0.1, 0.15) is 5.82 Å². The Morgan fingerprint density at radius 1 is 1.04 bits per heavy atom. The van der Waals surface area contributed by atoms with Crippen LogP contribution in [-0.4, -0.2) is 37.2 Å². The summed E-state index contributed by atoms with van der Waals surface area (Å²) in [4.78, 5) is 12.1. The van der Waals surface area contributed by atoms with Gasteiger partial charge in [-0.15, -0.1) is 20.4 Å². The molecular weight excluding hydrogens is 356 g/mol. The third kappa shape index (κ3) is 4.06. The van der Waals surface area contributed by atoms with Crippen LogP contribution in [0.15, 0.2) is 53.1 Å². The van der Waals surface area contributed by atoms with Crippen molar-refractivity contribution < 1.29 is 9.21 Å². The molecule has 0 aliphatic heterocycles. The fourth-order valence-electron chi connectivity index (χ4n) is 2.85. The van der Waals surface area contributed by atoms with Gasteiger partial charge in [0, 0.05) is 37.6 Å². The average Bonchev–Trinajstić information content (AvgIpc) is 3.35. The van der Waals surface area contributed by atoms with Crippen molar-refractivity contribution in [1.82, 2.24) is 30.1 Å². The Labute approximate surface area is 161 Å². The smallest absolute Gasteiger partial charge is 0.247 e. The number of nitrogens with one attached hydrogen (secondary N) is 1. The Hall–Kier alpha value is -3.55. The van der Waals surface area contributed by atoms with E-state index in [0.29, 0.717) is 31.2 Å². The second-order valence-corrected chi connectivity index (χ2v) is 6.51. The third-order valence-corrected chi connectivity index (χ3v) is 4.39. The number of nitrogens with zero attached hydrogens (tertiary/aromatic N) is 5. The van der Waals surface area contributed by atoms with Crippen LogP contribution in [0.4, 0.5) is 0 Å². The van der Waals surface area contributed by atoms with E-state index in [4.69, 9.17) is 4.42 Å². The van der Waals surface area contributed by atoms with Crippen LogP contribution in [0.5, 0.6) is 0 Å². The van der Waals surface area contributed by atoms with Crippen LogP contribution in [0.1, 0.15) is 23.7 Å². The highest BCUT2D eigenvalue weighted by atomic mass is 16.4. The molecule has 1 N–H and O–H groups in total. The predicted molar refractivity (Wildman–Crippen MR) is 102 cm³/mol. The van der Waals surface area contributed by atoms with Gasteiger partial charge in [0.05, 0.1) is 0 Å². The van der Waals surface area contributed by atoms with Crippen LogP contribution >= 0.6 is 0 Å². The van der Waals surface area contributed by atoms with Gasteiger partial charge in [-0.2, -0.15) is 0 Å². The molecule has 8 heteroatoms. The highest BCUT2D eigenvalue weighted by Crippen LogP contribution is 2.18. The maximum Gasteiger partial charge on any atom is 0.247 e. The van der Waals surface area contributed by atoms with Crippen molar-refractivity contribution in [3.8, 4) is 11.5 Å². The van der Waals surface area contributed by atoms with Crippen molar-refractivity contribution in [2.24, 2.45) is 0 Å². The van der Waals surface area contributed by atoms with Gasteiger partial charge in [-0.3, -0.25) is 9.20 Å². The Morgan fingerprint density at radius 2 is 1.89 bits per heavy atom. The monoisotopic (exact) mass is 376 g/mol. The minimum absolute atomic E-state index is 0.0658. The molecule has 1 amide bonds. The van der Waals surface area contributed by atoms with Crippen LogP contribution in [-0.2, 0) is 17.6 Å². The number of hydrogen-bond donors (Lipinski definition) is 1. The lowest BCUT2D eigenvalue weighted by Crippen LogP contribution is -2.26. The first-order valence-electron chi connectivity index (χ1n) is 9.14. The van der Waals surface area contributed by atoms with Crippen LogP contribution in [0.3, 0.4) is 0 Å². The molecule has 0 saturated carbocycles. The third-order valence-electron chi connectivity index (χ3n) is 4.39. The van der Waals surface area contributed by atoms with Crippen LogP contribution in [0.25, 0.3) is 17.1 Å². The molecule has 28 heavy (non-hydrogen) atoms. The molecule has 0 spiro atoms. The van der Waals surface area contributed by atoms with Gasteiger partial charge < -0.3 is 9.73 Å². The average molecular weight is 376 g/mol. The van der Waals surface area contributed by atoms with E-state index in [1.807, 2.05) is 60.0 Å². The number of benzene rings is 1. The topological polar surface area (TPSA) is 98.2 Å². The summed E-state index contributed by atoms with van der Waals surface area (Å²) in [6.45, 7) is 2.51. The molecule has 4 rings (SSSR count). The van der Waals surface area contributed by atoms with Crippen molar-refractivity contribution in [3.63, 3.8) is 0 Å². The van der Waals surface area contributed by atoms with E-state index in [2.05, 4.69) is 25.7 Å². The molecule has 3 aromatic heterocycles. The molecule has 0 fully saturated rings. The van der Waals surface area contributed by atoms with Crippen molar-refractivity contribution in [2.45, 2.75) is 26.2 Å². The summed E-state index contributed by atoms with van der Waals surface area (Å²) in [5, 5.41) is 19.2. The van der Waals surface area contributed by atoms with E-state index in [-0.39, 0.29) is 12.3 Å². The summed E-state index contributed by atoms with van der Waals surface area (Å²) in [5.41, 5.74) is 2.83. The van der Waals surface area contributed by atoms with Crippen LogP contribution < -0.4 is 5.32 Å². The Kier molecular flexibility index (Phi) is 5.09. The normalized spacial score (nSPS) is 11.0. The van der Waals surface area contributed by atoms with E-state index in [1.165, 1.54) is 5.56 Å². The van der Waals surface area contributed by atoms with Gasteiger partial charge in [-0.05, 0) is 31.2 Å². The molecule has 0 radical (unpaired) electrons. The first-order valence-corrected chi connectivity index (χ1v) is 9.14. The van der Waals surface area contributed by atoms with Crippen molar-refractivity contribution >= 4 is 11.6 Å². The van der Waals surface area contributed by atoms with E-state index in [1.54, 1.807) is 0 Å². The summed E-state index contributed by atoms with van der Waals surface area (Å²) in [7, 11) is 0. The van der Waals surface area contributed by atoms with Crippen LogP contribution in [0.2, 0.25) is 0 Å². The maximum absolute atomic E-state index is 12.1. The van der Waals surface area contributed by atoms with Crippen LogP contribution in [0, 0.1) is 6.92 Å². The van der Waals surface area contributed by atoms with Gasteiger partial charge in [-0.1, -0.05) is 23.8 Å². The molecule has 3 heterocycles. The van der Waals surface area contributed by atoms with Gasteiger partial charge in [-0.25, -0.2) is 0 Å². The molecule has 4 aromatic rings. The van der Waals surface area contributed by atoms with Gasteiger partial charge >= 0.3 is 0 Å². The highest BCUT2D eigenvalue weighted by molar-refractivity contribution is 5.76. The molecule has 0 saturated heterocycles. The summed E-state index contributed by atoms with van der Waals surface area (Å²) >= 11 is 0. The Morgan fingerprint density at radius 3 is 2.75 bits per heavy atom. The van der Waals surface area contributed by atoms with Gasteiger partial charge in [0.2, 0.25) is 17.7 Å². The molecule has 0 bridgehead atoms. The number of carbonyl (C=O) groups excluding carboxylic acids is 1. The fourth-order valence-corrected chi connectivity index (χ4v) is 2.85. The molecular formula is C20H20N6O2. The second-order valence-electron chi connectivity index (χ2n) is 6.51. The van der Waals surface area contributed by atoms with Crippen molar-refractivity contribution in [1.29, 1.82) is 0 Å². The second kappa shape index (κ2) is 7.99. The zero-order valence-electron chi connectivity index (χ0n) is 15.5. The number of amides is 1. The molecule has 142 valence electrons. The Bertz CT molecular complexity index is 1080. The number of pyridine rings is 1. The number of fused-ring (bicyclic) bond motifs is 1. The minimum Gasteiger partial charge on any atom is -0.421 e. The SMILES string of the molecule is Cc1ccc(-c2nnc(CCC(=O)NCCc3nnc4ccccn34)o2)cc1. The molecule has 8 nitrogen and oxygen atoms in total. The molecule has 0 aliphatic rings. The van der Waals surface area contributed by atoms with E-state index < -0.39 is 0 Å². The molecule has 0 atom stereocenters. The molecule has 1 aromatic carbocycles. The maximum atomic E-state index is 12.1. The first kappa shape index (κ1) is 17.8. The largest absolute Gasteiger partial charge is 0.421 e. The number of hydrogen-bond acceptors (Lipinski definition) is 6.